The molecule has 0 aromatic heterocycles. The van der Waals surface area contributed by atoms with Crippen molar-refractivity contribution in [2.75, 3.05) is 26.1 Å². The van der Waals surface area contributed by atoms with E-state index in [1.54, 1.807) is 31.4 Å². The third-order valence-corrected chi connectivity index (χ3v) is 7.45. The van der Waals surface area contributed by atoms with Crippen LogP contribution in [-0.4, -0.2) is 51.4 Å². The largest absolute Gasteiger partial charge is 0.497 e. The second-order valence-electron chi connectivity index (χ2n) is 7.63. The number of esters is 1. The Balaban J connectivity index is 1.82. The van der Waals surface area contributed by atoms with E-state index in [0.717, 1.165) is 19.3 Å². The van der Waals surface area contributed by atoms with Crippen LogP contribution in [0.2, 0.25) is 0 Å². The van der Waals surface area contributed by atoms with E-state index in [1.165, 1.54) is 35.7 Å². The number of nitrogens with zero attached hydrogens (tertiary/aromatic N) is 1. The lowest BCUT2D eigenvalue weighted by Crippen LogP contribution is -2.45. The molecule has 0 atom stereocenters. The quantitative estimate of drug-likeness (QED) is 0.606. The number of ether oxygens (including phenoxy) is 2. The Labute approximate surface area is 188 Å². The highest BCUT2D eigenvalue weighted by Crippen LogP contribution is 2.28. The zero-order valence-corrected chi connectivity index (χ0v) is 19.1. The molecule has 1 N–H and O–H groups in total. The summed E-state index contributed by atoms with van der Waals surface area (Å²) in [5.41, 5.74) is 0.812. The van der Waals surface area contributed by atoms with E-state index in [4.69, 9.17) is 4.74 Å². The molecular weight excluding hydrogens is 432 g/mol. The fraction of sp³-hybridized carbons (Fsp3) is 0.391. The van der Waals surface area contributed by atoms with Crippen LogP contribution in [0.15, 0.2) is 53.4 Å². The van der Waals surface area contributed by atoms with E-state index in [9.17, 15) is 18.0 Å². The highest BCUT2D eigenvalue weighted by atomic mass is 32.2. The van der Waals surface area contributed by atoms with E-state index in [1.807, 2.05) is 0 Å². The number of nitrogens with one attached hydrogen (secondary N) is 1. The molecule has 2 aromatic rings. The summed E-state index contributed by atoms with van der Waals surface area (Å²) in [5, 5.41) is 2.76. The van der Waals surface area contributed by atoms with Crippen molar-refractivity contribution >= 4 is 27.6 Å². The minimum atomic E-state index is -3.95. The van der Waals surface area contributed by atoms with Gasteiger partial charge in [-0.3, -0.25) is 4.79 Å². The van der Waals surface area contributed by atoms with Crippen molar-refractivity contribution in [2.45, 2.75) is 43.0 Å². The number of carbonyl (C=O) groups excluding carboxylic acids is 2. The number of benzene rings is 2. The van der Waals surface area contributed by atoms with Crippen molar-refractivity contribution in [1.82, 2.24) is 4.31 Å². The van der Waals surface area contributed by atoms with Crippen LogP contribution in [0.5, 0.6) is 5.75 Å². The summed E-state index contributed by atoms with van der Waals surface area (Å²) in [6, 6.07) is 12.1. The van der Waals surface area contributed by atoms with Gasteiger partial charge in [-0.25, -0.2) is 13.2 Å². The molecule has 1 saturated carbocycles. The molecule has 3 rings (SSSR count). The number of anilines is 1. The van der Waals surface area contributed by atoms with Crippen LogP contribution in [0.4, 0.5) is 5.69 Å². The molecule has 0 aliphatic heterocycles. The average molecular weight is 461 g/mol. The van der Waals surface area contributed by atoms with E-state index in [0.29, 0.717) is 24.3 Å². The van der Waals surface area contributed by atoms with Crippen LogP contribution in [0, 0.1) is 0 Å². The van der Waals surface area contributed by atoms with E-state index in [2.05, 4.69) is 10.1 Å². The Morgan fingerprint density at radius 3 is 2.16 bits per heavy atom. The number of amides is 1. The van der Waals surface area contributed by atoms with Crippen LogP contribution in [0.1, 0.15) is 42.5 Å². The Hall–Kier alpha value is -2.91. The first-order valence-electron chi connectivity index (χ1n) is 10.5. The summed E-state index contributed by atoms with van der Waals surface area (Å²) in [4.78, 5) is 24.5. The van der Waals surface area contributed by atoms with Gasteiger partial charge in [-0.1, -0.05) is 19.3 Å². The molecule has 1 aliphatic carbocycles. The first-order valence-corrected chi connectivity index (χ1v) is 11.9. The number of carbonyl (C=O) groups is 2. The van der Waals surface area contributed by atoms with E-state index in [-0.39, 0.29) is 23.0 Å². The highest BCUT2D eigenvalue weighted by Gasteiger charge is 2.34. The second-order valence-corrected chi connectivity index (χ2v) is 9.53. The number of sulfonamides is 1. The minimum absolute atomic E-state index is 0.0352. The lowest BCUT2D eigenvalue weighted by molar-refractivity contribution is -0.116. The van der Waals surface area contributed by atoms with Gasteiger partial charge in [-0.05, 0) is 61.4 Å². The fourth-order valence-corrected chi connectivity index (χ4v) is 5.45. The standard InChI is InChI=1S/C23H28N2O6S/c1-30-20-12-10-18(11-13-20)24-22(26)16-25(19-6-4-3-5-7-19)32(28,29)21-14-8-17(9-15-21)23(27)31-2/h8-15,19H,3-7,16H2,1-2H3,(H,24,26). The molecule has 0 unspecified atom stereocenters. The molecule has 9 heteroatoms. The smallest absolute Gasteiger partial charge is 0.337 e. The van der Waals surface area contributed by atoms with Crippen molar-refractivity contribution in [1.29, 1.82) is 0 Å². The van der Waals surface area contributed by atoms with Gasteiger partial charge in [0.1, 0.15) is 5.75 Å². The minimum Gasteiger partial charge on any atom is -0.497 e. The summed E-state index contributed by atoms with van der Waals surface area (Å²) < 4.78 is 38.0. The monoisotopic (exact) mass is 460 g/mol. The van der Waals surface area contributed by atoms with Crippen molar-refractivity contribution in [3.05, 3.63) is 54.1 Å². The maximum Gasteiger partial charge on any atom is 0.337 e. The van der Waals surface area contributed by atoms with Gasteiger partial charge < -0.3 is 14.8 Å². The molecule has 0 radical (unpaired) electrons. The van der Waals surface area contributed by atoms with E-state index >= 15 is 0 Å². The zero-order valence-electron chi connectivity index (χ0n) is 18.2. The first kappa shape index (κ1) is 23.7. The molecule has 1 amide bonds. The van der Waals surface area contributed by atoms with Gasteiger partial charge in [-0.2, -0.15) is 4.31 Å². The maximum atomic E-state index is 13.5. The van der Waals surface area contributed by atoms with Gasteiger partial charge in [0.15, 0.2) is 0 Å². The van der Waals surface area contributed by atoms with Gasteiger partial charge >= 0.3 is 5.97 Å². The predicted octanol–water partition coefficient (Wildman–Crippen LogP) is 3.44. The molecule has 0 saturated heterocycles. The SMILES string of the molecule is COC(=O)c1ccc(S(=O)(=O)N(CC(=O)Nc2ccc(OC)cc2)C2CCCCC2)cc1. The van der Waals surface area contributed by atoms with Gasteiger partial charge in [0.05, 0.1) is 31.2 Å². The molecule has 1 aliphatic rings. The summed E-state index contributed by atoms with van der Waals surface area (Å²) in [6.45, 7) is -0.294. The van der Waals surface area contributed by atoms with Crippen molar-refractivity contribution in [3.63, 3.8) is 0 Å². The van der Waals surface area contributed by atoms with E-state index < -0.39 is 21.9 Å². The molecule has 172 valence electrons. The molecule has 8 nitrogen and oxygen atoms in total. The third kappa shape index (κ3) is 5.66. The topological polar surface area (TPSA) is 102 Å². The number of methoxy groups -OCH3 is 2. The molecule has 0 heterocycles. The van der Waals surface area contributed by atoms with Crippen molar-refractivity contribution in [2.24, 2.45) is 0 Å². The Kier molecular flexibility index (Phi) is 7.87. The normalized spacial score (nSPS) is 14.7. The molecular formula is C23H28N2O6S. The Morgan fingerprint density at radius 1 is 0.969 bits per heavy atom. The molecule has 1 fully saturated rings. The van der Waals surface area contributed by atoms with Crippen LogP contribution in [0.25, 0.3) is 0 Å². The van der Waals surface area contributed by atoms with Gasteiger partial charge in [0, 0.05) is 11.7 Å². The third-order valence-electron chi connectivity index (χ3n) is 5.54. The summed E-state index contributed by atoms with van der Waals surface area (Å²) in [5.74, 6) is -0.308. The van der Waals surface area contributed by atoms with Crippen LogP contribution < -0.4 is 10.1 Å². The first-order chi connectivity index (χ1) is 15.3. The fourth-order valence-electron chi connectivity index (χ4n) is 3.81. The summed E-state index contributed by atoms with van der Waals surface area (Å²) >= 11 is 0. The summed E-state index contributed by atoms with van der Waals surface area (Å²) in [6.07, 6.45) is 4.29. The molecule has 0 bridgehead atoms. The van der Waals surface area contributed by atoms with Crippen LogP contribution >= 0.6 is 0 Å². The second kappa shape index (κ2) is 10.6. The van der Waals surface area contributed by atoms with Crippen LogP contribution in [-0.2, 0) is 19.6 Å². The molecule has 0 spiro atoms. The lowest BCUT2D eigenvalue weighted by Gasteiger charge is -2.33. The van der Waals surface area contributed by atoms with Gasteiger partial charge in [0.2, 0.25) is 15.9 Å². The number of hydrogen-bond acceptors (Lipinski definition) is 6. The Morgan fingerprint density at radius 2 is 1.59 bits per heavy atom. The van der Waals surface area contributed by atoms with Crippen molar-refractivity contribution in [3.8, 4) is 5.75 Å². The van der Waals surface area contributed by atoms with Crippen LogP contribution in [0.3, 0.4) is 0 Å². The Bertz CT molecular complexity index is 1030. The maximum absolute atomic E-state index is 13.5. The zero-order chi connectivity index (χ0) is 23.1. The van der Waals surface area contributed by atoms with Gasteiger partial charge in [0.25, 0.3) is 0 Å². The molecule has 32 heavy (non-hydrogen) atoms. The summed E-state index contributed by atoms with van der Waals surface area (Å²) in [7, 11) is -1.13. The number of hydrogen-bond donors (Lipinski definition) is 1. The predicted molar refractivity (Wildman–Crippen MR) is 120 cm³/mol. The van der Waals surface area contributed by atoms with Gasteiger partial charge in [-0.15, -0.1) is 0 Å². The number of rotatable bonds is 8. The highest BCUT2D eigenvalue weighted by molar-refractivity contribution is 7.89. The van der Waals surface area contributed by atoms with Crippen molar-refractivity contribution < 1.29 is 27.5 Å². The average Bonchev–Trinajstić information content (AvgIpc) is 2.83. The lowest BCUT2D eigenvalue weighted by atomic mass is 9.95. The molecule has 2 aromatic carbocycles.